The van der Waals surface area contributed by atoms with Crippen LogP contribution in [0.1, 0.15) is 18.9 Å². The number of carbonyl (C=O) groups is 3. The molecule has 0 saturated carbocycles. The van der Waals surface area contributed by atoms with E-state index in [2.05, 4.69) is 10.6 Å². The van der Waals surface area contributed by atoms with Crippen molar-refractivity contribution in [3.63, 3.8) is 0 Å². The summed E-state index contributed by atoms with van der Waals surface area (Å²) in [5.41, 5.74) is 0.909. The van der Waals surface area contributed by atoms with E-state index in [0.717, 1.165) is 16.3 Å². The summed E-state index contributed by atoms with van der Waals surface area (Å²) >= 11 is 5.33. The van der Waals surface area contributed by atoms with E-state index in [-0.39, 0.29) is 24.0 Å². The zero-order chi connectivity index (χ0) is 21.5. The minimum absolute atomic E-state index is 0.103. The Hall–Kier alpha value is -3.26. The maximum absolute atomic E-state index is 12.4. The minimum Gasteiger partial charge on any atom is -0.466 e. The molecule has 2 aromatic rings. The Balaban J connectivity index is 1.67. The molecule has 1 atom stereocenters. The predicted molar refractivity (Wildman–Crippen MR) is 118 cm³/mol. The maximum Gasteiger partial charge on any atom is 0.308 e. The Morgan fingerprint density at radius 2 is 2.03 bits per heavy atom. The molecule has 1 saturated heterocycles. The second kappa shape index (κ2) is 9.98. The molecule has 0 spiro atoms. The van der Waals surface area contributed by atoms with Crippen molar-refractivity contribution in [1.82, 2.24) is 15.5 Å². The van der Waals surface area contributed by atoms with Crippen LogP contribution in [-0.4, -0.2) is 53.5 Å². The van der Waals surface area contributed by atoms with Gasteiger partial charge in [-0.3, -0.25) is 19.7 Å². The van der Waals surface area contributed by atoms with Gasteiger partial charge in [0.2, 0.25) is 11.8 Å². The number of thiocarbonyl (C=S) groups is 1. The lowest BCUT2D eigenvalue weighted by Crippen LogP contribution is -2.60. The van der Waals surface area contributed by atoms with E-state index >= 15 is 0 Å². The molecule has 1 heterocycles. The van der Waals surface area contributed by atoms with Gasteiger partial charge >= 0.3 is 5.97 Å². The van der Waals surface area contributed by atoms with Crippen molar-refractivity contribution >= 4 is 52.0 Å². The third-order valence-corrected chi connectivity index (χ3v) is 5.06. The van der Waals surface area contributed by atoms with Crippen LogP contribution in [0.4, 0.5) is 0 Å². The molecule has 30 heavy (non-hydrogen) atoms. The molecule has 0 unspecified atom stereocenters. The third kappa shape index (κ3) is 5.21. The topological polar surface area (TPSA) is 87.7 Å². The Kier molecular flexibility index (Phi) is 7.13. The molecule has 2 N–H and O–H groups in total. The van der Waals surface area contributed by atoms with Gasteiger partial charge in [-0.2, -0.15) is 0 Å². The minimum atomic E-state index is -0.812. The SMILES string of the molecule is CCOC(=O)C[C@H]1C(=O)NCCN1C(=S)NC(=O)/C=C/c1cccc2ccccc12. The molecule has 2 aromatic carbocycles. The van der Waals surface area contributed by atoms with Crippen LogP contribution in [0.25, 0.3) is 16.8 Å². The first kappa shape index (κ1) is 21.4. The third-order valence-electron chi connectivity index (χ3n) is 4.72. The normalized spacial score (nSPS) is 16.4. The molecule has 8 heteroatoms. The molecule has 2 amide bonds. The number of hydrogen-bond donors (Lipinski definition) is 2. The van der Waals surface area contributed by atoms with E-state index in [4.69, 9.17) is 17.0 Å². The molecule has 1 aliphatic rings. The second-order valence-electron chi connectivity index (χ2n) is 6.71. The number of ether oxygens (including phenoxy) is 1. The molecule has 1 aliphatic heterocycles. The van der Waals surface area contributed by atoms with Gasteiger partial charge in [-0.15, -0.1) is 0 Å². The summed E-state index contributed by atoms with van der Waals surface area (Å²) in [6, 6.07) is 12.9. The average molecular weight is 426 g/mol. The summed E-state index contributed by atoms with van der Waals surface area (Å²) in [6.45, 7) is 2.69. The van der Waals surface area contributed by atoms with Gasteiger partial charge < -0.3 is 15.0 Å². The van der Waals surface area contributed by atoms with Crippen LogP contribution in [0.3, 0.4) is 0 Å². The fourth-order valence-corrected chi connectivity index (χ4v) is 3.64. The molecule has 0 radical (unpaired) electrons. The highest BCUT2D eigenvalue weighted by Crippen LogP contribution is 2.19. The molecule has 1 fully saturated rings. The molecular formula is C22H23N3O4S. The van der Waals surface area contributed by atoms with Crippen molar-refractivity contribution in [3.05, 3.63) is 54.1 Å². The first-order valence-electron chi connectivity index (χ1n) is 9.70. The van der Waals surface area contributed by atoms with Crippen LogP contribution < -0.4 is 10.6 Å². The van der Waals surface area contributed by atoms with E-state index in [1.165, 1.54) is 6.08 Å². The first-order valence-corrected chi connectivity index (χ1v) is 10.1. The van der Waals surface area contributed by atoms with Gasteiger partial charge in [-0.1, -0.05) is 42.5 Å². The van der Waals surface area contributed by atoms with E-state index in [9.17, 15) is 14.4 Å². The first-order chi connectivity index (χ1) is 14.5. The standard InChI is InChI=1S/C22H23N3O4S/c1-2-29-20(27)14-18-21(28)23-12-13-25(18)22(30)24-19(26)11-10-16-8-5-7-15-6-3-4-9-17(15)16/h3-11,18H,2,12-14H2,1H3,(H,23,28)(H,24,26,30)/b11-10+/t18-/m0/s1. The highest BCUT2D eigenvalue weighted by molar-refractivity contribution is 7.80. The van der Waals surface area contributed by atoms with E-state index in [0.29, 0.717) is 13.1 Å². The number of esters is 1. The molecular weight excluding hydrogens is 402 g/mol. The van der Waals surface area contributed by atoms with Crippen LogP contribution in [0.15, 0.2) is 48.5 Å². The van der Waals surface area contributed by atoms with E-state index < -0.39 is 17.9 Å². The van der Waals surface area contributed by atoms with Gasteiger partial charge in [-0.25, -0.2) is 0 Å². The quantitative estimate of drug-likeness (QED) is 0.433. The predicted octanol–water partition coefficient (Wildman–Crippen LogP) is 2.01. The molecule has 0 bridgehead atoms. The lowest BCUT2D eigenvalue weighted by atomic mass is 10.0. The average Bonchev–Trinajstić information content (AvgIpc) is 2.73. The van der Waals surface area contributed by atoms with Gasteiger partial charge in [0, 0.05) is 19.2 Å². The van der Waals surface area contributed by atoms with Gasteiger partial charge in [0.15, 0.2) is 5.11 Å². The highest BCUT2D eigenvalue weighted by atomic mass is 32.1. The molecule has 7 nitrogen and oxygen atoms in total. The van der Waals surface area contributed by atoms with Gasteiger partial charge in [0.25, 0.3) is 0 Å². The van der Waals surface area contributed by atoms with Crippen molar-refractivity contribution in [2.75, 3.05) is 19.7 Å². The Bertz CT molecular complexity index is 1000. The van der Waals surface area contributed by atoms with Crippen LogP contribution in [0, 0.1) is 0 Å². The summed E-state index contributed by atoms with van der Waals surface area (Å²) in [4.78, 5) is 38.0. The van der Waals surface area contributed by atoms with E-state index in [1.54, 1.807) is 17.9 Å². The Morgan fingerprint density at radius 3 is 2.83 bits per heavy atom. The lowest BCUT2D eigenvalue weighted by molar-refractivity contribution is -0.147. The zero-order valence-electron chi connectivity index (χ0n) is 16.6. The van der Waals surface area contributed by atoms with E-state index in [1.807, 2.05) is 42.5 Å². The Labute approximate surface area is 180 Å². The van der Waals surface area contributed by atoms with Gasteiger partial charge in [0.1, 0.15) is 6.04 Å². The van der Waals surface area contributed by atoms with Gasteiger partial charge in [-0.05, 0) is 41.6 Å². The van der Waals surface area contributed by atoms with Crippen molar-refractivity contribution in [2.24, 2.45) is 0 Å². The fourth-order valence-electron chi connectivity index (χ4n) is 3.32. The van der Waals surface area contributed by atoms with Crippen molar-refractivity contribution in [1.29, 1.82) is 0 Å². The monoisotopic (exact) mass is 425 g/mol. The highest BCUT2D eigenvalue weighted by Gasteiger charge is 2.33. The second-order valence-corrected chi connectivity index (χ2v) is 7.09. The maximum atomic E-state index is 12.4. The molecule has 0 aromatic heterocycles. The number of piperazine rings is 1. The fraction of sp³-hybridized carbons (Fsp3) is 0.273. The van der Waals surface area contributed by atoms with Crippen LogP contribution in [0.2, 0.25) is 0 Å². The molecule has 0 aliphatic carbocycles. The molecule has 3 rings (SSSR count). The van der Waals surface area contributed by atoms with Crippen LogP contribution in [-0.2, 0) is 19.1 Å². The lowest BCUT2D eigenvalue weighted by Gasteiger charge is -2.36. The number of fused-ring (bicyclic) bond motifs is 1. The van der Waals surface area contributed by atoms with Crippen LogP contribution in [0.5, 0.6) is 0 Å². The zero-order valence-corrected chi connectivity index (χ0v) is 17.4. The number of nitrogens with zero attached hydrogens (tertiary/aromatic N) is 1. The van der Waals surface area contributed by atoms with Crippen molar-refractivity contribution in [2.45, 2.75) is 19.4 Å². The number of carbonyl (C=O) groups excluding carboxylic acids is 3. The number of amides is 2. The number of nitrogens with one attached hydrogen (secondary N) is 2. The summed E-state index contributed by atoms with van der Waals surface area (Å²) in [7, 11) is 0. The smallest absolute Gasteiger partial charge is 0.308 e. The number of hydrogen-bond acceptors (Lipinski definition) is 5. The number of rotatable bonds is 5. The number of benzene rings is 2. The summed E-state index contributed by atoms with van der Waals surface area (Å²) < 4.78 is 4.94. The summed E-state index contributed by atoms with van der Waals surface area (Å²) in [6.07, 6.45) is 2.99. The molecule has 156 valence electrons. The summed E-state index contributed by atoms with van der Waals surface area (Å²) in [5, 5.41) is 7.55. The largest absolute Gasteiger partial charge is 0.466 e. The van der Waals surface area contributed by atoms with Crippen molar-refractivity contribution < 1.29 is 19.1 Å². The van der Waals surface area contributed by atoms with Gasteiger partial charge in [0.05, 0.1) is 13.0 Å². The Morgan fingerprint density at radius 1 is 1.27 bits per heavy atom. The van der Waals surface area contributed by atoms with Crippen molar-refractivity contribution in [3.8, 4) is 0 Å². The summed E-state index contributed by atoms with van der Waals surface area (Å²) in [5.74, 6) is -1.22. The van der Waals surface area contributed by atoms with Crippen LogP contribution >= 0.6 is 12.2 Å².